The third-order valence-corrected chi connectivity index (χ3v) is 3.38. The molecular formula is C15H16F2O3. The third-order valence-electron chi connectivity index (χ3n) is 3.38. The van der Waals surface area contributed by atoms with Gasteiger partial charge in [-0.1, -0.05) is 12.8 Å². The van der Waals surface area contributed by atoms with E-state index < -0.39 is 17.6 Å². The summed E-state index contributed by atoms with van der Waals surface area (Å²) in [4.78, 5) is 10.4. The van der Waals surface area contributed by atoms with Crippen LogP contribution in [0.1, 0.15) is 31.2 Å². The normalized spacial score (nSPS) is 15.9. The predicted octanol–water partition coefficient (Wildman–Crippen LogP) is 3.63. The second-order valence-corrected chi connectivity index (χ2v) is 4.95. The minimum atomic E-state index is -1.17. The van der Waals surface area contributed by atoms with Crippen LogP contribution in [0.3, 0.4) is 0 Å². The quantitative estimate of drug-likeness (QED) is 0.839. The number of ether oxygens (including phenoxy) is 1. The zero-order chi connectivity index (χ0) is 14.5. The van der Waals surface area contributed by atoms with Crippen molar-refractivity contribution >= 4 is 12.0 Å². The Bertz CT molecular complexity index is 497. The monoisotopic (exact) mass is 282 g/mol. The van der Waals surface area contributed by atoms with Crippen LogP contribution in [0.2, 0.25) is 0 Å². The van der Waals surface area contributed by atoms with E-state index in [1.54, 1.807) is 0 Å². The van der Waals surface area contributed by atoms with Gasteiger partial charge in [0.15, 0.2) is 17.4 Å². The summed E-state index contributed by atoms with van der Waals surface area (Å²) in [5.74, 6) is -2.82. The Morgan fingerprint density at radius 2 is 1.90 bits per heavy atom. The van der Waals surface area contributed by atoms with Gasteiger partial charge in [0.1, 0.15) is 0 Å². The molecule has 5 heteroatoms. The van der Waals surface area contributed by atoms with Gasteiger partial charge in [-0.2, -0.15) is 0 Å². The Morgan fingerprint density at radius 1 is 1.30 bits per heavy atom. The van der Waals surface area contributed by atoms with Crippen LogP contribution in [0.15, 0.2) is 18.2 Å². The maximum Gasteiger partial charge on any atom is 0.328 e. The standard InChI is InChI=1S/C15H16F2O3/c16-12-7-11(5-6-14(18)19)8-13(17)15(12)20-9-10-3-1-2-4-10/h5-8,10H,1-4,9H2,(H,18,19). The zero-order valence-electron chi connectivity index (χ0n) is 10.9. The van der Waals surface area contributed by atoms with Gasteiger partial charge in [-0.05, 0) is 42.5 Å². The fourth-order valence-corrected chi connectivity index (χ4v) is 2.36. The van der Waals surface area contributed by atoms with Crippen molar-refractivity contribution in [2.45, 2.75) is 25.7 Å². The van der Waals surface area contributed by atoms with Gasteiger partial charge in [-0.3, -0.25) is 0 Å². The van der Waals surface area contributed by atoms with Crippen molar-refractivity contribution in [1.29, 1.82) is 0 Å². The Hall–Kier alpha value is -1.91. The van der Waals surface area contributed by atoms with E-state index in [0.717, 1.165) is 50.0 Å². The molecule has 0 bridgehead atoms. The number of rotatable bonds is 5. The number of carbonyl (C=O) groups is 1. The molecule has 0 unspecified atom stereocenters. The molecule has 1 aliphatic carbocycles. The first-order valence-electron chi connectivity index (χ1n) is 6.59. The molecule has 0 atom stereocenters. The first-order chi connectivity index (χ1) is 9.56. The van der Waals surface area contributed by atoms with Gasteiger partial charge in [0, 0.05) is 6.08 Å². The lowest BCUT2D eigenvalue weighted by Crippen LogP contribution is -2.10. The third kappa shape index (κ3) is 3.79. The minimum Gasteiger partial charge on any atom is -0.487 e. The molecule has 0 amide bonds. The van der Waals surface area contributed by atoms with E-state index in [0.29, 0.717) is 12.5 Å². The predicted molar refractivity (Wildman–Crippen MR) is 70.5 cm³/mol. The number of benzene rings is 1. The molecule has 1 aromatic rings. The van der Waals surface area contributed by atoms with E-state index in [9.17, 15) is 13.6 Å². The summed E-state index contributed by atoms with van der Waals surface area (Å²) in [7, 11) is 0. The van der Waals surface area contributed by atoms with Crippen molar-refractivity contribution in [1.82, 2.24) is 0 Å². The van der Waals surface area contributed by atoms with E-state index in [-0.39, 0.29) is 11.3 Å². The van der Waals surface area contributed by atoms with Crippen LogP contribution in [0, 0.1) is 17.6 Å². The molecule has 1 aromatic carbocycles. The largest absolute Gasteiger partial charge is 0.487 e. The van der Waals surface area contributed by atoms with Crippen molar-refractivity contribution in [3.05, 3.63) is 35.4 Å². The minimum absolute atomic E-state index is 0.149. The lowest BCUT2D eigenvalue weighted by Gasteiger charge is -2.13. The van der Waals surface area contributed by atoms with Gasteiger partial charge in [0.25, 0.3) is 0 Å². The highest BCUT2D eigenvalue weighted by Crippen LogP contribution is 2.28. The molecule has 20 heavy (non-hydrogen) atoms. The second-order valence-electron chi connectivity index (χ2n) is 4.95. The van der Waals surface area contributed by atoms with Crippen molar-refractivity contribution < 1.29 is 23.4 Å². The SMILES string of the molecule is O=C(O)C=Cc1cc(F)c(OCC2CCCC2)c(F)c1. The van der Waals surface area contributed by atoms with Gasteiger partial charge in [-0.15, -0.1) is 0 Å². The van der Waals surface area contributed by atoms with Crippen LogP contribution in [0.4, 0.5) is 8.78 Å². The average molecular weight is 282 g/mol. The highest BCUT2D eigenvalue weighted by atomic mass is 19.1. The Kier molecular flexibility index (Phi) is 4.71. The summed E-state index contributed by atoms with van der Waals surface area (Å²) >= 11 is 0. The molecule has 1 fully saturated rings. The first kappa shape index (κ1) is 14.5. The van der Waals surface area contributed by atoms with Crippen molar-refractivity contribution in [2.24, 2.45) is 5.92 Å². The van der Waals surface area contributed by atoms with Crippen molar-refractivity contribution in [3.63, 3.8) is 0 Å². The Balaban J connectivity index is 2.07. The maximum atomic E-state index is 13.8. The molecule has 0 saturated heterocycles. The smallest absolute Gasteiger partial charge is 0.328 e. The van der Waals surface area contributed by atoms with E-state index in [1.807, 2.05) is 0 Å². The number of carboxylic acids is 1. The molecule has 1 N–H and O–H groups in total. The molecule has 2 rings (SSSR count). The summed E-state index contributed by atoms with van der Waals surface area (Å²) in [6.07, 6.45) is 6.30. The van der Waals surface area contributed by atoms with Gasteiger partial charge in [-0.25, -0.2) is 13.6 Å². The summed E-state index contributed by atoms with van der Waals surface area (Å²) in [6, 6.07) is 2.12. The number of hydrogen-bond acceptors (Lipinski definition) is 2. The average Bonchev–Trinajstić information content (AvgIpc) is 2.88. The number of carboxylic acid groups (broad SMARTS) is 1. The van der Waals surface area contributed by atoms with Crippen LogP contribution in [-0.4, -0.2) is 17.7 Å². The fourth-order valence-electron chi connectivity index (χ4n) is 2.36. The second kappa shape index (κ2) is 6.50. The summed E-state index contributed by atoms with van der Waals surface area (Å²) in [5, 5.41) is 8.47. The lowest BCUT2D eigenvalue weighted by molar-refractivity contribution is -0.131. The number of aliphatic carboxylic acids is 1. The summed E-state index contributed by atoms with van der Waals surface area (Å²) in [5.41, 5.74) is 0.149. The summed E-state index contributed by atoms with van der Waals surface area (Å²) in [6.45, 7) is 0.318. The van der Waals surface area contributed by atoms with Crippen molar-refractivity contribution in [3.8, 4) is 5.75 Å². The molecule has 1 aliphatic rings. The fraction of sp³-hybridized carbons (Fsp3) is 0.400. The van der Waals surface area contributed by atoms with Crippen LogP contribution < -0.4 is 4.74 Å². The van der Waals surface area contributed by atoms with Gasteiger partial charge in [0.05, 0.1) is 6.61 Å². The van der Waals surface area contributed by atoms with Gasteiger partial charge in [0.2, 0.25) is 0 Å². The Labute approximate surface area is 115 Å². The van der Waals surface area contributed by atoms with Crippen LogP contribution in [0.5, 0.6) is 5.75 Å². The highest BCUT2D eigenvalue weighted by Gasteiger charge is 2.18. The highest BCUT2D eigenvalue weighted by molar-refractivity contribution is 5.85. The van der Waals surface area contributed by atoms with Gasteiger partial charge >= 0.3 is 5.97 Å². The van der Waals surface area contributed by atoms with Gasteiger partial charge < -0.3 is 9.84 Å². The van der Waals surface area contributed by atoms with E-state index >= 15 is 0 Å². The van der Waals surface area contributed by atoms with Crippen LogP contribution in [-0.2, 0) is 4.79 Å². The first-order valence-corrected chi connectivity index (χ1v) is 6.59. The maximum absolute atomic E-state index is 13.8. The number of halogens is 2. The van der Waals surface area contributed by atoms with Crippen LogP contribution >= 0.6 is 0 Å². The molecular weight excluding hydrogens is 266 g/mol. The van der Waals surface area contributed by atoms with E-state index in [2.05, 4.69) is 0 Å². The molecule has 3 nitrogen and oxygen atoms in total. The lowest BCUT2D eigenvalue weighted by atomic mass is 10.1. The zero-order valence-corrected chi connectivity index (χ0v) is 10.9. The molecule has 0 aromatic heterocycles. The number of hydrogen-bond donors (Lipinski definition) is 1. The van der Waals surface area contributed by atoms with E-state index in [4.69, 9.17) is 9.84 Å². The Morgan fingerprint density at radius 3 is 2.45 bits per heavy atom. The molecule has 108 valence electrons. The summed E-state index contributed by atoms with van der Waals surface area (Å²) < 4.78 is 32.8. The molecule has 0 spiro atoms. The molecule has 0 heterocycles. The molecule has 1 saturated carbocycles. The van der Waals surface area contributed by atoms with Crippen LogP contribution in [0.25, 0.3) is 6.08 Å². The molecule has 0 aliphatic heterocycles. The topological polar surface area (TPSA) is 46.5 Å². The molecule has 0 radical (unpaired) electrons. The van der Waals surface area contributed by atoms with Crippen molar-refractivity contribution in [2.75, 3.05) is 6.61 Å². The van der Waals surface area contributed by atoms with E-state index in [1.165, 1.54) is 0 Å².